The highest BCUT2D eigenvalue weighted by Crippen LogP contribution is 2.30. The number of nitrogens with zero attached hydrogens (tertiary/aromatic N) is 3. The molecule has 2 aromatic carbocycles. The molecule has 1 fully saturated rings. The maximum Gasteiger partial charge on any atom is 0.420 e. The minimum absolute atomic E-state index is 0.00135. The number of pyridine rings is 1. The molecule has 52 heavy (non-hydrogen) atoms. The standard InChI is InChI=1S/C41H50N4O7/c1-39(2,3)50-36(47)43-34-19-18-29(26-42-34)17-16-28-12-10-15-33(24-28)35(46)44-22-20-31(21-23-44)32-14-11-13-30(25-32)27-45(37(48)51-40(4,5)6)38(49)52-41(7,8)9/h10-15,18-19,24-26,31H,20-23,27H2,1-9H3,(H,42,43,47). The predicted octanol–water partition coefficient (Wildman–Crippen LogP) is 8.52. The number of carbonyl (C=O) groups is 4. The Morgan fingerprint density at radius 2 is 1.37 bits per heavy atom. The molecular weight excluding hydrogens is 660 g/mol. The number of hydrogen-bond donors (Lipinski definition) is 1. The van der Waals surface area contributed by atoms with Crippen LogP contribution in [-0.4, -0.2) is 68.9 Å². The molecule has 1 aromatic heterocycles. The summed E-state index contributed by atoms with van der Waals surface area (Å²) in [5.41, 5.74) is 1.58. The molecular formula is C41H50N4O7. The van der Waals surface area contributed by atoms with E-state index in [-0.39, 0.29) is 18.4 Å². The van der Waals surface area contributed by atoms with Gasteiger partial charge in [0, 0.05) is 36.0 Å². The first-order chi connectivity index (χ1) is 24.2. The van der Waals surface area contributed by atoms with Gasteiger partial charge in [-0.1, -0.05) is 42.2 Å². The molecule has 3 aromatic rings. The van der Waals surface area contributed by atoms with E-state index in [9.17, 15) is 19.2 Å². The molecule has 276 valence electrons. The number of imide groups is 1. The van der Waals surface area contributed by atoms with Crippen molar-refractivity contribution in [2.75, 3.05) is 18.4 Å². The van der Waals surface area contributed by atoms with E-state index >= 15 is 0 Å². The van der Waals surface area contributed by atoms with Crippen molar-refractivity contribution < 1.29 is 33.4 Å². The lowest BCUT2D eigenvalue weighted by molar-refractivity contribution is -0.000315. The molecule has 1 N–H and O–H groups in total. The Morgan fingerprint density at radius 3 is 1.94 bits per heavy atom. The van der Waals surface area contributed by atoms with Gasteiger partial charge in [-0.3, -0.25) is 10.1 Å². The van der Waals surface area contributed by atoms with Gasteiger partial charge >= 0.3 is 18.3 Å². The Hall–Kier alpha value is -5.37. The number of benzene rings is 2. The Bertz CT molecular complexity index is 1790. The van der Waals surface area contributed by atoms with Crippen molar-refractivity contribution in [3.63, 3.8) is 0 Å². The van der Waals surface area contributed by atoms with Gasteiger partial charge in [0.25, 0.3) is 5.91 Å². The van der Waals surface area contributed by atoms with Crippen LogP contribution >= 0.6 is 0 Å². The van der Waals surface area contributed by atoms with Gasteiger partial charge in [0.2, 0.25) is 0 Å². The zero-order chi connectivity index (χ0) is 38.3. The first kappa shape index (κ1) is 39.4. The molecule has 4 amide bonds. The molecule has 0 radical (unpaired) electrons. The van der Waals surface area contributed by atoms with E-state index in [0.29, 0.717) is 35.6 Å². The van der Waals surface area contributed by atoms with Crippen LogP contribution in [0.3, 0.4) is 0 Å². The van der Waals surface area contributed by atoms with Crippen LogP contribution in [0.1, 0.15) is 114 Å². The first-order valence-electron chi connectivity index (χ1n) is 17.4. The highest BCUT2D eigenvalue weighted by molar-refractivity contribution is 5.94. The Kier molecular flexibility index (Phi) is 12.4. The summed E-state index contributed by atoms with van der Waals surface area (Å²) in [6.07, 6.45) is 0.972. The number of ether oxygens (including phenoxy) is 3. The quantitative estimate of drug-likeness (QED) is 0.206. The molecule has 1 aliphatic heterocycles. The Balaban J connectivity index is 1.37. The summed E-state index contributed by atoms with van der Waals surface area (Å²) in [4.78, 5) is 58.7. The predicted molar refractivity (Wildman–Crippen MR) is 199 cm³/mol. The lowest BCUT2D eigenvalue weighted by Crippen LogP contribution is -2.43. The minimum Gasteiger partial charge on any atom is -0.444 e. The van der Waals surface area contributed by atoms with Crippen molar-refractivity contribution in [3.8, 4) is 11.8 Å². The second-order valence-electron chi connectivity index (χ2n) is 15.7. The van der Waals surface area contributed by atoms with Crippen molar-refractivity contribution in [2.45, 2.75) is 104 Å². The second kappa shape index (κ2) is 16.3. The van der Waals surface area contributed by atoms with Gasteiger partial charge < -0.3 is 19.1 Å². The first-order valence-corrected chi connectivity index (χ1v) is 17.4. The van der Waals surface area contributed by atoms with Crippen LogP contribution in [0.5, 0.6) is 0 Å². The average Bonchev–Trinajstić information content (AvgIpc) is 3.04. The highest BCUT2D eigenvalue weighted by Gasteiger charge is 2.32. The fourth-order valence-corrected chi connectivity index (χ4v) is 5.39. The summed E-state index contributed by atoms with van der Waals surface area (Å²) < 4.78 is 16.3. The Morgan fingerprint density at radius 1 is 0.769 bits per heavy atom. The van der Waals surface area contributed by atoms with Crippen molar-refractivity contribution in [1.82, 2.24) is 14.8 Å². The van der Waals surface area contributed by atoms with Crippen LogP contribution in [0.25, 0.3) is 0 Å². The summed E-state index contributed by atoms with van der Waals surface area (Å²) in [7, 11) is 0. The summed E-state index contributed by atoms with van der Waals surface area (Å²) in [5, 5.41) is 2.60. The van der Waals surface area contributed by atoms with Crippen molar-refractivity contribution >= 4 is 30.0 Å². The summed E-state index contributed by atoms with van der Waals surface area (Å²) in [6, 6.07) is 18.5. The monoisotopic (exact) mass is 710 g/mol. The zero-order valence-corrected chi connectivity index (χ0v) is 31.7. The number of aromatic nitrogens is 1. The fraction of sp³-hybridized carbons (Fsp3) is 0.439. The fourth-order valence-electron chi connectivity index (χ4n) is 5.39. The molecule has 4 rings (SSSR count). The van der Waals surface area contributed by atoms with E-state index in [1.807, 2.05) is 41.3 Å². The SMILES string of the molecule is CC(C)(C)OC(=O)Nc1ccc(C#Cc2cccc(C(=O)N3CCC(c4cccc(CN(C(=O)OC(C)(C)C)C(=O)OC(C)(C)C)c4)CC3)c2)cn1. The van der Waals surface area contributed by atoms with Crippen LogP contribution in [0.2, 0.25) is 0 Å². The Labute approximate surface area is 307 Å². The smallest absolute Gasteiger partial charge is 0.420 e. The van der Waals surface area contributed by atoms with Crippen molar-refractivity contribution in [1.29, 1.82) is 0 Å². The maximum atomic E-state index is 13.5. The number of amides is 4. The molecule has 11 nitrogen and oxygen atoms in total. The van der Waals surface area contributed by atoms with Crippen LogP contribution in [0.15, 0.2) is 66.9 Å². The molecule has 0 bridgehead atoms. The van der Waals surface area contributed by atoms with E-state index in [0.717, 1.165) is 28.9 Å². The average molecular weight is 711 g/mol. The van der Waals surface area contributed by atoms with Gasteiger partial charge in [0.05, 0.1) is 6.54 Å². The third-order valence-electron chi connectivity index (χ3n) is 7.63. The van der Waals surface area contributed by atoms with E-state index in [4.69, 9.17) is 14.2 Å². The third-order valence-corrected chi connectivity index (χ3v) is 7.63. The van der Waals surface area contributed by atoms with Crippen LogP contribution in [0, 0.1) is 11.8 Å². The zero-order valence-electron chi connectivity index (χ0n) is 31.7. The van der Waals surface area contributed by atoms with Crippen molar-refractivity contribution in [2.24, 2.45) is 0 Å². The molecule has 1 saturated heterocycles. The lowest BCUT2D eigenvalue weighted by Gasteiger charge is -2.32. The number of rotatable bonds is 5. The number of carbonyl (C=O) groups excluding carboxylic acids is 4. The van der Waals surface area contributed by atoms with E-state index in [1.54, 1.807) is 92.8 Å². The van der Waals surface area contributed by atoms with E-state index in [1.165, 1.54) is 0 Å². The van der Waals surface area contributed by atoms with Gasteiger partial charge in [-0.2, -0.15) is 0 Å². The number of likely N-dealkylation sites (tertiary alicyclic amines) is 1. The third kappa shape index (κ3) is 12.4. The van der Waals surface area contributed by atoms with Gasteiger partial charge in [-0.25, -0.2) is 24.3 Å². The molecule has 0 atom stereocenters. The normalized spacial score (nSPS) is 13.7. The maximum absolute atomic E-state index is 13.5. The second-order valence-corrected chi connectivity index (χ2v) is 15.7. The largest absolute Gasteiger partial charge is 0.444 e. The minimum atomic E-state index is -0.783. The topological polar surface area (TPSA) is 127 Å². The van der Waals surface area contributed by atoms with Crippen LogP contribution < -0.4 is 5.32 Å². The number of nitrogens with one attached hydrogen (secondary N) is 1. The van der Waals surface area contributed by atoms with Gasteiger partial charge in [0.15, 0.2) is 0 Å². The van der Waals surface area contributed by atoms with Gasteiger partial charge in [-0.05, 0) is 123 Å². The lowest BCUT2D eigenvalue weighted by atomic mass is 9.88. The van der Waals surface area contributed by atoms with Gasteiger partial charge in [0.1, 0.15) is 22.6 Å². The summed E-state index contributed by atoms with van der Waals surface area (Å²) >= 11 is 0. The molecule has 0 aliphatic carbocycles. The number of anilines is 1. The van der Waals surface area contributed by atoms with Crippen LogP contribution in [-0.2, 0) is 20.8 Å². The number of hydrogen-bond acceptors (Lipinski definition) is 8. The van der Waals surface area contributed by atoms with Crippen molar-refractivity contribution in [3.05, 3.63) is 94.7 Å². The number of piperidine rings is 1. The molecule has 0 saturated carbocycles. The summed E-state index contributed by atoms with van der Waals surface area (Å²) in [5.74, 6) is 6.67. The molecule has 1 aliphatic rings. The van der Waals surface area contributed by atoms with Crippen LogP contribution in [0.4, 0.5) is 20.2 Å². The van der Waals surface area contributed by atoms with E-state index < -0.39 is 35.1 Å². The summed E-state index contributed by atoms with van der Waals surface area (Å²) in [6.45, 7) is 17.0. The molecule has 2 heterocycles. The highest BCUT2D eigenvalue weighted by atomic mass is 16.6. The van der Waals surface area contributed by atoms with Gasteiger partial charge in [-0.15, -0.1) is 0 Å². The molecule has 0 spiro atoms. The van der Waals surface area contributed by atoms with E-state index in [2.05, 4.69) is 22.1 Å². The molecule has 0 unspecified atom stereocenters. The molecule has 11 heteroatoms.